The lowest BCUT2D eigenvalue weighted by Crippen LogP contribution is -2.62. The van der Waals surface area contributed by atoms with Gasteiger partial charge in [0.05, 0.1) is 6.42 Å². The van der Waals surface area contributed by atoms with Gasteiger partial charge in [-0.3, -0.25) is 14.5 Å². The SMILES string of the molecule is CN1CC[C@]2(CCC1=O)CN(C(=O)CCC(F)(F)F)CCN2C. The molecule has 2 rings (SSSR count). The highest BCUT2D eigenvalue weighted by Crippen LogP contribution is 2.32. The molecule has 132 valence electrons. The summed E-state index contributed by atoms with van der Waals surface area (Å²) >= 11 is 0. The van der Waals surface area contributed by atoms with E-state index in [0.717, 1.165) is 6.42 Å². The van der Waals surface area contributed by atoms with Gasteiger partial charge in [-0.25, -0.2) is 0 Å². The van der Waals surface area contributed by atoms with Crippen molar-refractivity contribution in [1.29, 1.82) is 0 Å². The first kappa shape index (κ1) is 18.0. The first-order valence-electron chi connectivity index (χ1n) is 7.93. The van der Waals surface area contributed by atoms with Gasteiger partial charge in [-0.1, -0.05) is 0 Å². The summed E-state index contributed by atoms with van der Waals surface area (Å²) in [4.78, 5) is 29.4. The van der Waals surface area contributed by atoms with Gasteiger partial charge in [-0.2, -0.15) is 13.2 Å². The smallest absolute Gasteiger partial charge is 0.346 e. The number of nitrogens with zero attached hydrogens (tertiary/aromatic N) is 3. The second-order valence-electron chi connectivity index (χ2n) is 6.64. The number of likely N-dealkylation sites (tertiary alicyclic amines) is 1. The zero-order chi connectivity index (χ0) is 17.3. The Bertz CT molecular complexity index is 469. The average Bonchev–Trinajstić information content (AvgIpc) is 2.61. The van der Waals surface area contributed by atoms with Gasteiger partial charge in [-0.05, 0) is 19.9 Å². The molecule has 5 nitrogen and oxygen atoms in total. The Morgan fingerprint density at radius 3 is 2.52 bits per heavy atom. The Morgan fingerprint density at radius 2 is 1.87 bits per heavy atom. The minimum absolute atomic E-state index is 0.0794. The second kappa shape index (κ2) is 6.67. The molecule has 0 aromatic heterocycles. The highest BCUT2D eigenvalue weighted by Gasteiger charge is 2.43. The number of amides is 2. The highest BCUT2D eigenvalue weighted by atomic mass is 19.4. The number of carbonyl (C=O) groups excluding carboxylic acids is 2. The Morgan fingerprint density at radius 1 is 1.17 bits per heavy atom. The molecule has 0 aromatic carbocycles. The summed E-state index contributed by atoms with van der Waals surface area (Å²) in [6, 6.07) is 0. The molecule has 0 aliphatic carbocycles. The predicted molar refractivity (Wildman–Crippen MR) is 78.7 cm³/mol. The van der Waals surface area contributed by atoms with Crippen molar-refractivity contribution in [2.45, 2.75) is 43.8 Å². The zero-order valence-electron chi connectivity index (χ0n) is 13.7. The Kier molecular flexibility index (Phi) is 5.23. The molecule has 1 spiro atoms. The van der Waals surface area contributed by atoms with Crippen LogP contribution in [0.1, 0.15) is 32.1 Å². The first-order chi connectivity index (χ1) is 10.6. The van der Waals surface area contributed by atoms with E-state index in [0.29, 0.717) is 39.0 Å². The molecule has 2 heterocycles. The third kappa shape index (κ3) is 4.37. The van der Waals surface area contributed by atoms with E-state index in [9.17, 15) is 22.8 Å². The fourth-order valence-electron chi connectivity index (χ4n) is 3.38. The molecule has 0 bridgehead atoms. The normalized spacial score (nSPS) is 27.4. The standard InChI is InChI=1S/C15H24F3N3O2/c1-19-8-7-14(5-3-12(19)22)11-21(10-9-20(14)2)13(23)4-6-15(16,17)18/h3-11H2,1-2H3/t14-/m1/s1. The molecule has 2 saturated heterocycles. The molecular weight excluding hydrogens is 311 g/mol. The van der Waals surface area contributed by atoms with Gasteiger partial charge in [0.1, 0.15) is 0 Å². The van der Waals surface area contributed by atoms with E-state index in [2.05, 4.69) is 4.90 Å². The molecule has 2 fully saturated rings. The number of rotatable bonds is 2. The van der Waals surface area contributed by atoms with Crippen LogP contribution < -0.4 is 0 Å². The molecular formula is C15H24F3N3O2. The summed E-state index contributed by atoms with van der Waals surface area (Å²) in [5.74, 6) is -0.366. The van der Waals surface area contributed by atoms with Crippen LogP contribution in [-0.2, 0) is 9.59 Å². The van der Waals surface area contributed by atoms with Gasteiger partial charge in [0, 0.05) is 51.6 Å². The van der Waals surface area contributed by atoms with Crippen molar-refractivity contribution in [3.8, 4) is 0 Å². The highest BCUT2D eigenvalue weighted by molar-refractivity contribution is 5.77. The van der Waals surface area contributed by atoms with Crippen LogP contribution in [0.3, 0.4) is 0 Å². The van der Waals surface area contributed by atoms with Crippen molar-refractivity contribution in [1.82, 2.24) is 14.7 Å². The Balaban J connectivity index is 2.03. The van der Waals surface area contributed by atoms with Crippen molar-refractivity contribution >= 4 is 11.8 Å². The van der Waals surface area contributed by atoms with Gasteiger partial charge in [0.25, 0.3) is 0 Å². The van der Waals surface area contributed by atoms with E-state index < -0.39 is 24.9 Å². The monoisotopic (exact) mass is 335 g/mol. The van der Waals surface area contributed by atoms with E-state index >= 15 is 0 Å². The van der Waals surface area contributed by atoms with E-state index in [-0.39, 0.29) is 11.4 Å². The number of hydrogen-bond acceptors (Lipinski definition) is 3. The third-order valence-corrected chi connectivity index (χ3v) is 5.12. The van der Waals surface area contributed by atoms with Crippen molar-refractivity contribution in [2.75, 3.05) is 40.3 Å². The van der Waals surface area contributed by atoms with Crippen LogP contribution in [0.5, 0.6) is 0 Å². The topological polar surface area (TPSA) is 43.9 Å². The number of carbonyl (C=O) groups is 2. The summed E-state index contributed by atoms with van der Waals surface area (Å²) < 4.78 is 36.9. The number of hydrogen-bond donors (Lipinski definition) is 0. The summed E-state index contributed by atoms with van der Waals surface area (Å²) in [5, 5.41) is 0. The molecule has 8 heteroatoms. The first-order valence-corrected chi connectivity index (χ1v) is 7.93. The van der Waals surface area contributed by atoms with Crippen molar-refractivity contribution < 1.29 is 22.8 Å². The fourth-order valence-corrected chi connectivity index (χ4v) is 3.38. The van der Waals surface area contributed by atoms with Crippen molar-refractivity contribution in [2.24, 2.45) is 0 Å². The van der Waals surface area contributed by atoms with Crippen LogP contribution in [0.25, 0.3) is 0 Å². The van der Waals surface area contributed by atoms with Gasteiger partial charge < -0.3 is 9.80 Å². The van der Waals surface area contributed by atoms with E-state index in [1.165, 1.54) is 0 Å². The van der Waals surface area contributed by atoms with Gasteiger partial charge in [0.15, 0.2) is 0 Å². The van der Waals surface area contributed by atoms with Crippen LogP contribution in [0.15, 0.2) is 0 Å². The molecule has 2 aliphatic rings. The number of halogens is 3. The maximum Gasteiger partial charge on any atom is 0.389 e. The number of alkyl halides is 3. The van der Waals surface area contributed by atoms with Crippen LogP contribution in [0, 0.1) is 0 Å². The van der Waals surface area contributed by atoms with Gasteiger partial charge >= 0.3 is 6.18 Å². The van der Waals surface area contributed by atoms with Crippen LogP contribution in [0.2, 0.25) is 0 Å². The molecule has 23 heavy (non-hydrogen) atoms. The zero-order valence-corrected chi connectivity index (χ0v) is 13.7. The molecule has 1 atom stereocenters. The molecule has 0 unspecified atom stereocenters. The van der Waals surface area contributed by atoms with Crippen LogP contribution in [-0.4, -0.2) is 78.5 Å². The molecule has 0 N–H and O–H groups in total. The van der Waals surface area contributed by atoms with E-state index in [1.807, 2.05) is 7.05 Å². The predicted octanol–water partition coefficient (Wildman–Crippen LogP) is 1.48. The third-order valence-electron chi connectivity index (χ3n) is 5.12. The molecule has 2 amide bonds. The molecule has 0 saturated carbocycles. The minimum Gasteiger partial charge on any atom is -0.346 e. The summed E-state index contributed by atoms with van der Waals surface area (Å²) in [6.45, 7) is 2.07. The Hall–Kier alpha value is -1.31. The molecule has 2 aliphatic heterocycles. The van der Waals surface area contributed by atoms with Crippen LogP contribution >= 0.6 is 0 Å². The average molecular weight is 335 g/mol. The summed E-state index contributed by atoms with van der Waals surface area (Å²) in [5.41, 5.74) is -0.313. The minimum atomic E-state index is -4.31. The largest absolute Gasteiger partial charge is 0.389 e. The lowest BCUT2D eigenvalue weighted by molar-refractivity contribution is -0.152. The molecule has 0 aromatic rings. The van der Waals surface area contributed by atoms with E-state index in [4.69, 9.17) is 0 Å². The maximum atomic E-state index is 12.3. The Labute approximate surface area is 134 Å². The van der Waals surface area contributed by atoms with E-state index in [1.54, 1.807) is 16.8 Å². The maximum absolute atomic E-state index is 12.3. The van der Waals surface area contributed by atoms with Gasteiger partial charge in [-0.15, -0.1) is 0 Å². The summed E-state index contributed by atoms with van der Waals surface area (Å²) in [7, 11) is 3.73. The quantitative estimate of drug-likeness (QED) is 0.768. The van der Waals surface area contributed by atoms with Crippen molar-refractivity contribution in [3.63, 3.8) is 0 Å². The second-order valence-corrected chi connectivity index (χ2v) is 6.64. The lowest BCUT2D eigenvalue weighted by Gasteiger charge is -2.49. The molecule has 0 radical (unpaired) electrons. The van der Waals surface area contributed by atoms with Crippen LogP contribution in [0.4, 0.5) is 13.2 Å². The van der Waals surface area contributed by atoms with Gasteiger partial charge in [0.2, 0.25) is 11.8 Å². The fraction of sp³-hybridized carbons (Fsp3) is 0.867. The summed E-state index contributed by atoms with van der Waals surface area (Å²) in [6.07, 6.45) is -4.11. The number of likely N-dealkylation sites (N-methyl/N-ethyl adjacent to an activating group) is 1. The van der Waals surface area contributed by atoms with Crippen molar-refractivity contribution in [3.05, 3.63) is 0 Å². The number of piperazine rings is 1. The lowest BCUT2D eigenvalue weighted by atomic mass is 9.86.